The number of rotatable bonds is 3. The van der Waals surface area contributed by atoms with Crippen LogP contribution >= 0.6 is 0 Å². The minimum absolute atomic E-state index is 0.403. The molecule has 2 heteroatoms. The van der Waals surface area contributed by atoms with E-state index in [0.717, 1.165) is 5.92 Å². The predicted molar refractivity (Wildman–Crippen MR) is 74.3 cm³/mol. The van der Waals surface area contributed by atoms with Gasteiger partial charge in [0.15, 0.2) is 0 Å². The molecular formula is C15H30N2. The summed E-state index contributed by atoms with van der Waals surface area (Å²) in [5.74, 6) is 0.997. The molecule has 0 aromatic carbocycles. The third kappa shape index (κ3) is 3.96. The van der Waals surface area contributed by atoms with Gasteiger partial charge in [-0.2, -0.15) is 0 Å². The van der Waals surface area contributed by atoms with Crippen LogP contribution in [0.15, 0.2) is 0 Å². The summed E-state index contributed by atoms with van der Waals surface area (Å²) < 4.78 is 0. The summed E-state index contributed by atoms with van der Waals surface area (Å²) >= 11 is 0. The largest absolute Gasteiger partial charge is 0.314 e. The van der Waals surface area contributed by atoms with Gasteiger partial charge in [0.1, 0.15) is 0 Å². The summed E-state index contributed by atoms with van der Waals surface area (Å²) in [5, 5.41) is 3.49. The first-order chi connectivity index (χ1) is 8.22. The van der Waals surface area contributed by atoms with E-state index >= 15 is 0 Å². The topological polar surface area (TPSA) is 15.3 Å². The quantitative estimate of drug-likeness (QED) is 0.760. The molecule has 0 radical (unpaired) electrons. The molecule has 1 saturated carbocycles. The minimum atomic E-state index is 0.403. The van der Waals surface area contributed by atoms with Gasteiger partial charge < -0.3 is 10.2 Å². The van der Waals surface area contributed by atoms with Crippen LogP contribution < -0.4 is 5.32 Å². The van der Waals surface area contributed by atoms with Gasteiger partial charge in [0.25, 0.3) is 0 Å². The van der Waals surface area contributed by atoms with Gasteiger partial charge in [0.2, 0.25) is 0 Å². The van der Waals surface area contributed by atoms with Gasteiger partial charge in [-0.05, 0) is 58.7 Å². The number of likely N-dealkylation sites (tertiary alicyclic amines) is 1. The summed E-state index contributed by atoms with van der Waals surface area (Å²) in [6, 6.07) is 0. The van der Waals surface area contributed by atoms with Crippen molar-refractivity contribution >= 4 is 0 Å². The molecule has 0 aromatic heterocycles. The second kappa shape index (κ2) is 6.19. The third-order valence-corrected chi connectivity index (χ3v) is 5.05. The van der Waals surface area contributed by atoms with Crippen molar-refractivity contribution in [3.8, 4) is 0 Å². The molecule has 1 aliphatic carbocycles. The first-order valence-corrected chi connectivity index (χ1v) is 7.63. The van der Waals surface area contributed by atoms with Gasteiger partial charge in [-0.15, -0.1) is 0 Å². The molecule has 1 heterocycles. The maximum Gasteiger partial charge on any atom is 0.0174 e. The van der Waals surface area contributed by atoms with Crippen molar-refractivity contribution in [1.29, 1.82) is 0 Å². The highest BCUT2D eigenvalue weighted by atomic mass is 15.1. The van der Waals surface area contributed by atoms with Crippen LogP contribution in [0.4, 0.5) is 0 Å². The van der Waals surface area contributed by atoms with Crippen LogP contribution in [0, 0.1) is 5.92 Å². The van der Waals surface area contributed by atoms with E-state index in [0.29, 0.717) is 5.54 Å². The highest BCUT2D eigenvalue weighted by Gasteiger charge is 2.29. The van der Waals surface area contributed by atoms with Crippen molar-refractivity contribution in [1.82, 2.24) is 10.2 Å². The monoisotopic (exact) mass is 238 g/mol. The Bertz CT molecular complexity index is 211. The summed E-state index contributed by atoms with van der Waals surface area (Å²) in [4.78, 5) is 2.72. The Morgan fingerprint density at radius 1 is 1.06 bits per heavy atom. The molecule has 0 spiro atoms. The SMILES string of the molecule is CNC1(C)CCN(CC2CCCCCC2)CC1. The fourth-order valence-electron chi connectivity index (χ4n) is 3.39. The molecule has 0 bridgehead atoms. The van der Waals surface area contributed by atoms with Crippen LogP contribution in [0.5, 0.6) is 0 Å². The molecule has 2 nitrogen and oxygen atoms in total. The molecule has 0 amide bonds. The Balaban J connectivity index is 1.73. The van der Waals surface area contributed by atoms with E-state index in [1.165, 1.54) is 71.0 Å². The Morgan fingerprint density at radius 3 is 2.18 bits per heavy atom. The minimum Gasteiger partial charge on any atom is -0.314 e. The van der Waals surface area contributed by atoms with E-state index in [4.69, 9.17) is 0 Å². The van der Waals surface area contributed by atoms with E-state index in [9.17, 15) is 0 Å². The third-order valence-electron chi connectivity index (χ3n) is 5.05. The second-order valence-corrected chi connectivity index (χ2v) is 6.47. The maximum absolute atomic E-state index is 3.49. The lowest BCUT2D eigenvalue weighted by atomic mass is 9.89. The van der Waals surface area contributed by atoms with Gasteiger partial charge >= 0.3 is 0 Å². The summed E-state index contributed by atoms with van der Waals surface area (Å²) in [6.07, 6.45) is 11.5. The van der Waals surface area contributed by atoms with E-state index in [1.54, 1.807) is 0 Å². The molecule has 0 atom stereocenters. The van der Waals surface area contributed by atoms with Crippen molar-refractivity contribution < 1.29 is 0 Å². The van der Waals surface area contributed by atoms with E-state index < -0.39 is 0 Å². The van der Waals surface area contributed by atoms with Gasteiger partial charge in [-0.1, -0.05) is 25.7 Å². The van der Waals surface area contributed by atoms with Crippen LogP contribution in [0.3, 0.4) is 0 Å². The van der Waals surface area contributed by atoms with E-state index in [-0.39, 0.29) is 0 Å². The Hall–Kier alpha value is -0.0800. The van der Waals surface area contributed by atoms with Crippen LogP contribution in [0.1, 0.15) is 58.3 Å². The lowest BCUT2D eigenvalue weighted by Gasteiger charge is -2.40. The van der Waals surface area contributed by atoms with Crippen LogP contribution in [0.2, 0.25) is 0 Å². The Kier molecular flexibility index (Phi) is 4.87. The smallest absolute Gasteiger partial charge is 0.0174 e. The summed E-state index contributed by atoms with van der Waals surface area (Å²) in [6.45, 7) is 6.34. The van der Waals surface area contributed by atoms with E-state index in [2.05, 4.69) is 24.2 Å². The molecule has 1 saturated heterocycles. The van der Waals surface area contributed by atoms with Crippen molar-refractivity contribution in [3.05, 3.63) is 0 Å². The van der Waals surface area contributed by atoms with Crippen LogP contribution in [-0.2, 0) is 0 Å². The number of hydrogen-bond donors (Lipinski definition) is 1. The van der Waals surface area contributed by atoms with Crippen molar-refractivity contribution in [2.45, 2.75) is 63.8 Å². The first kappa shape index (κ1) is 13.4. The zero-order valence-corrected chi connectivity index (χ0v) is 11.8. The fourth-order valence-corrected chi connectivity index (χ4v) is 3.39. The highest BCUT2D eigenvalue weighted by Crippen LogP contribution is 2.26. The average Bonchev–Trinajstić information content (AvgIpc) is 2.61. The molecule has 2 rings (SSSR count). The zero-order valence-electron chi connectivity index (χ0n) is 11.8. The van der Waals surface area contributed by atoms with Gasteiger partial charge in [-0.3, -0.25) is 0 Å². The highest BCUT2D eigenvalue weighted by molar-refractivity contribution is 4.88. The van der Waals surface area contributed by atoms with Crippen molar-refractivity contribution in [3.63, 3.8) is 0 Å². The molecule has 2 fully saturated rings. The van der Waals surface area contributed by atoms with E-state index in [1.807, 2.05) is 0 Å². The Morgan fingerprint density at radius 2 is 1.65 bits per heavy atom. The van der Waals surface area contributed by atoms with Crippen LogP contribution in [0.25, 0.3) is 0 Å². The normalized spacial score (nSPS) is 27.9. The molecule has 0 aromatic rings. The molecule has 100 valence electrons. The maximum atomic E-state index is 3.49. The summed E-state index contributed by atoms with van der Waals surface area (Å²) in [7, 11) is 2.11. The average molecular weight is 238 g/mol. The first-order valence-electron chi connectivity index (χ1n) is 7.63. The predicted octanol–water partition coefficient (Wildman–Crippen LogP) is 3.03. The number of nitrogens with one attached hydrogen (secondary N) is 1. The van der Waals surface area contributed by atoms with Crippen molar-refractivity contribution in [2.75, 3.05) is 26.7 Å². The number of piperidine rings is 1. The molecule has 0 unspecified atom stereocenters. The number of nitrogens with zero attached hydrogens (tertiary/aromatic N) is 1. The van der Waals surface area contributed by atoms with Gasteiger partial charge in [0.05, 0.1) is 0 Å². The lowest BCUT2D eigenvalue weighted by Crippen LogP contribution is -2.50. The lowest BCUT2D eigenvalue weighted by molar-refractivity contribution is 0.130. The summed E-state index contributed by atoms with van der Waals surface area (Å²) in [5.41, 5.74) is 0.403. The van der Waals surface area contributed by atoms with Crippen LogP contribution in [-0.4, -0.2) is 37.1 Å². The van der Waals surface area contributed by atoms with Gasteiger partial charge in [-0.25, -0.2) is 0 Å². The molecule has 17 heavy (non-hydrogen) atoms. The molecule has 1 aliphatic heterocycles. The molecule has 2 aliphatic rings. The standard InChI is InChI=1S/C15H30N2/c1-15(16-2)9-11-17(12-10-15)13-14-7-5-3-4-6-8-14/h14,16H,3-13H2,1-2H3. The fraction of sp³-hybridized carbons (Fsp3) is 1.00. The van der Waals surface area contributed by atoms with Gasteiger partial charge in [0, 0.05) is 12.1 Å². The molecular weight excluding hydrogens is 208 g/mol. The number of hydrogen-bond acceptors (Lipinski definition) is 2. The second-order valence-electron chi connectivity index (χ2n) is 6.47. The molecule has 1 N–H and O–H groups in total. The van der Waals surface area contributed by atoms with Crippen molar-refractivity contribution in [2.24, 2.45) is 5.92 Å². The zero-order chi connectivity index (χ0) is 12.1. The Labute approximate surface area is 107 Å².